The van der Waals surface area contributed by atoms with Gasteiger partial charge in [-0.15, -0.1) is 10.2 Å². The third-order valence-corrected chi connectivity index (χ3v) is 6.37. The minimum atomic E-state index is -4.55. The Bertz CT molecular complexity index is 827. The van der Waals surface area contributed by atoms with Crippen LogP contribution in [-0.2, 0) is 11.0 Å². The number of pyridine rings is 1. The molecule has 152 valence electrons. The highest BCUT2D eigenvalue weighted by molar-refractivity contribution is 8.01. The average molecular weight is 452 g/mol. The van der Waals surface area contributed by atoms with Crippen LogP contribution in [0.1, 0.15) is 37.7 Å². The van der Waals surface area contributed by atoms with Crippen LogP contribution < -0.4 is 10.6 Å². The molecule has 0 aliphatic heterocycles. The number of amides is 1. The minimum Gasteiger partial charge on any atom is -0.357 e. The van der Waals surface area contributed by atoms with Gasteiger partial charge in [0.2, 0.25) is 11.0 Å². The summed E-state index contributed by atoms with van der Waals surface area (Å²) in [5.74, 6) is -0.551. The van der Waals surface area contributed by atoms with Crippen molar-refractivity contribution in [2.24, 2.45) is 0 Å². The first-order chi connectivity index (χ1) is 13.3. The SMILES string of the molecule is O=C(CSc1nnc(NC2CCCCC2)s1)Nc1ncc(C(F)(F)F)cc1Cl. The fourth-order valence-corrected chi connectivity index (χ4v) is 4.57. The number of carbonyl (C=O) groups is 1. The maximum Gasteiger partial charge on any atom is 0.417 e. The first kappa shape index (κ1) is 21.1. The monoisotopic (exact) mass is 451 g/mol. The van der Waals surface area contributed by atoms with Gasteiger partial charge in [-0.3, -0.25) is 4.79 Å². The van der Waals surface area contributed by atoms with Crippen molar-refractivity contribution in [3.05, 3.63) is 22.8 Å². The molecule has 3 rings (SSSR count). The molecule has 6 nitrogen and oxygen atoms in total. The second-order valence-electron chi connectivity index (χ2n) is 6.24. The molecule has 1 aliphatic rings. The largest absolute Gasteiger partial charge is 0.417 e. The van der Waals surface area contributed by atoms with Gasteiger partial charge in [0.05, 0.1) is 16.3 Å². The van der Waals surface area contributed by atoms with Crippen molar-refractivity contribution in [1.29, 1.82) is 0 Å². The van der Waals surface area contributed by atoms with Crippen molar-refractivity contribution in [2.75, 3.05) is 16.4 Å². The molecule has 1 aliphatic carbocycles. The molecule has 2 aromatic rings. The zero-order valence-corrected chi connectivity index (χ0v) is 16.9. The molecule has 2 aromatic heterocycles. The number of carbonyl (C=O) groups excluding carboxylic acids is 1. The molecule has 0 unspecified atom stereocenters. The van der Waals surface area contributed by atoms with Crippen molar-refractivity contribution in [1.82, 2.24) is 15.2 Å². The summed E-state index contributed by atoms with van der Waals surface area (Å²) in [4.78, 5) is 15.6. The molecule has 0 spiro atoms. The molecule has 28 heavy (non-hydrogen) atoms. The number of rotatable bonds is 6. The summed E-state index contributed by atoms with van der Waals surface area (Å²) >= 11 is 8.33. The van der Waals surface area contributed by atoms with Crippen LogP contribution >= 0.6 is 34.7 Å². The number of nitrogens with zero attached hydrogens (tertiary/aromatic N) is 3. The number of alkyl halides is 3. The van der Waals surface area contributed by atoms with Gasteiger partial charge in [0.15, 0.2) is 10.2 Å². The van der Waals surface area contributed by atoms with Crippen molar-refractivity contribution in [3.8, 4) is 0 Å². The predicted molar refractivity (Wildman–Crippen MR) is 104 cm³/mol. The fourth-order valence-electron chi connectivity index (χ4n) is 2.73. The lowest BCUT2D eigenvalue weighted by atomic mass is 9.96. The maximum atomic E-state index is 12.6. The first-order valence-electron chi connectivity index (χ1n) is 8.56. The highest BCUT2D eigenvalue weighted by Gasteiger charge is 2.31. The molecule has 0 bridgehead atoms. The molecule has 2 heterocycles. The molecular formula is C16H17ClF3N5OS2. The zero-order valence-electron chi connectivity index (χ0n) is 14.6. The van der Waals surface area contributed by atoms with Crippen LogP contribution in [0, 0.1) is 0 Å². The van der Waals surface area contributed by atoms with Crippen LogP contribution in [-0.4, -0.2) is 32.9 Å². The molecule has 0 radical (unpaired) electrons. The summed E-state index contributed by atoms with van der Waals surface area (Å²) in [5, 5.41) is 14.3. The number of hydrogen-bond donors (Lipinski definition) is 2. The van der Waals surface area contributed by atoms with Crippen LogP contribution in [0.4, 0.5) is 24.1 Å². The number of thioether (sulfide) groups is 1. The van der Waals surface area contributed by atoms with Crippen LogP contribution in [0.5, 0.6) is 0 Å². The van der Waals surface area contributed by atoms with Gasteiger partial charge >= 0.3 is 6.18 Å². The van der Waals surface area contributed by atoms with Crippen LogP contribution in [0.25, 0.3) is 0 Å². The van der Waals surface area contributed by atoms with Crippen molar-refractivity contribution in [2.45, 2.75) is 48.7 Å². The van der Waals surface area contributed by atoms with Gasteiger partial charge in [-0.05, 0) is 18.9 Å². The van der Waals surface area contributed by atoms with E-state index < -0.39 is 17.6 Å². The molecule has 0 saturated heterocycles. The Balaban J connectivity index is 1.49. The fraction of sp³-hybridized carbons (Fsp3) is 0.500. The van der Waals surface area contributed by atoms with Crippen LogP contribution in [0.2, 0.25) is 5.02 Å². The van der Waals surface area contributed by atoms with E-state index in [1.54, 1.807) is 0 Å². The van der Waals surface area contributed by atoms with Gasteiger partial charge in [0.25, 0.3) is 0 Å². The molecular weight excluding hydrogens is 435 g/mol. The van der Waals surface area contributed by atoms with E-state index in [1.807, 2.05) is 0 Å². The van der Waals surface area contributed by atoms with E-state index in [2.05, 4.69) is 25.8 Å². The molecule has 2 N–H and O–H groups in total. The van der Waals surface area contributed by atoms with Crippen molar-refractivity contribution >= 4 is 51.6 Å². The zero-order chi connectivity index (χ0) is 20.1. The maximum absolute atomic E-state index is 12.6. The lowest BCUT2D eigenvalue weighted by molar-refractivity contribution is -0.137. The summed E-state index contributed by atoms with van der Waals surface area (Å²) < 4.78 is 38.5. The third-order valence-electron chi connectivity index (χ3n) is 4.09. The Morgan fingerprint density at radius 2 is 2.04 bits per heavy atom. The van der Waals surface area contributed by atoms with Crippen molar-refractivity contribution < 1.29 is 18.0 Å². The van der Waals surface area contributed by atoms with E-state index in [9.17, 15) is 18.0 Å². The number of anilines is 2. The second kappa shape index (κ2) is 9.27. The molecule has 12 heteroatoms. The summed E-state index contributed by atoms with van der Waals surface area (Å²) in [7, 11) is 0. The summed E-state index contributed by atoms with van der Waals surface area (Å²) in [5.41, 5.74) is -0.975. The number of halogens is 4. The highest BCUT2D eigenvalue weighted by Crippen LogP contribution is 2.33. The average Bonchev–Trinajstić information content (AvgIpc) is 3.09. The molecule has 0 atom stereocenters. The van der Waals surface area contributed by atoms with E-state index in [0.717, 1.165) is 24.0 Å². The van der Waals surface area contributed by atoms with Crippen LogP contribution in [0.15, 0.2) is 16.6 Å². The van der Waals surface area contributed by atoms with Gasteiger partial charge in [-0.1, -0.05) is 54.0 Å². The Kier molecular flexibility index (Phi) is 7.00. The van der Waals surface area contributed by atoms with Gasteiger partial charge in [0, 0.05) is 12.2 Å². The summed E-state index contributed by atoms with van der Waals surface area (Å²) in [6.45, 7) is 0. The Morgan fingerprint density at radius 3 is 2.71 bits per heavy atom. The first-order valence-corrected chi connectivity index (χ1v) is 10.7. The predicted octanol–water partition coefficient (Wildman–Crippen LogP) is 5.08. The molecule has 0 aromatic carbocycles. The summed E-state index contributed by atoms with van der Waals surface area (Å²) in [6.07, 6.45) is 2.00. The van der Waals surface area contributed by atoms with E-state index >= 15 is 0 Å². The highest BCUT2D eigenvalue weighted by atomic mass is 35.5. The second-order valence-corrected chi connectivity index (χ2v) is 8.85. The van der Waals surface area contributed by atoms with Gasteiger partial charge in [-0.2, -0.15) is 13.2 Å². The molecule has 1 amide bonds. The minimum absolute atomic E-state index is 0.0110. The Morgan fingerprint density at radius 1 is 1.29 bits per heavy atom. The van der Waals surface area contributed by atoms with E-state index in [-0.39, 0.29) is 16.6 Å². The molecule has 1 saturated carbocycles. The quantitative estimate of drug-likeness (QED) is 0.596. The number of hydrogen-bond acceptors (Lipinski definition) is 7. The Labute approximate surface area is 172 Å². The lowest BCUT2D eigenvalue weighted by Gasteiger charge is -2.21. The van der Waals surface area contributed by atoms with Crippen molar-refractivity contribution in [3.63, 3.8) is 0 Å². The van der Waals surface area contributed by atoms with Gasteiger partial charge in [0.1, 0.15) is 0 Å². The van der Waals surface area contributed by atoms with Gasteiger partial charge in [-0.25, -0.2) is 4.98 Å². The third kappa shape index (κ3) is 5.95. The van der Waals surface area contributed by atoms with Crippen LogP contribution in [0.3, 0.4) is 0 Å². The smallest absolute Gasteiger partial charge is 0.357 e. The normalized spacial score (nSPS) is 15.4. The standard InChI is InChI=1S/C16H17ClF3N5OS2/c17-11-6-9(16(18,19)20)7-21-13(11)23-12(26)8-27-15-25-24-14(28-15)22-10-4-2-1-3-5-10/h6-7,10H,1-5,8H2,(H,22,24)(H,21,23,26). The van der Waals surface area contributed by atoms with E-state index in [0.29, 0.717) is 16.6 Å². The lowest BCUT2D eigenvalue weighted by Crippen LogP contribution is -2.21. The number of nitrogens with one attached hydrogen (secondary N) is 2. The summed E-state index contributed by atoms with van der Waals surface area (Å²) in [6, 6.07) is 1.14. The Hall–Kier alpha value is -1.59. The molecule has 1 fully saturated rings. The topological polar surface area (TPSA) is 79.8 Å². The van der Waals surface area contributed by atoms with Gasteiger partial charge < -0.3 is 10.6 Å². The van der Waals surface area contributed by atoms with E-state index in [4.69, 9.17) is 11.6 Å². The number of aromatic nitrogens is 3. The van der Waals surface area contributed by atoms with E-state index in [1.165, 1.54) is 42.4 Å².